The quantitative estimate of drug-likeness (QED) is 0.00756. The first kappa shape index (κ1) is 64.3. The molecule has 1 saturated carbocycles. The second kappa shape index (κ2) is 39.9. The third-order valence-electron chi connectivity index (χ3n) is 10.3. The van der Waals surface area contributed by atoms with E-state index in [2.05, 4.69) is 73.1 Å². The minimum absolute atomic E-state index is 0.0388. The van der Waals surface area contributed by atoms with Gasteiger partial charge in [0.25, 0.3) is 0 Å². The molecule has 1 fully saturated rings. The van der Waals surface area contributed by atoms with Gasteiger partial charge in [-0.25, -0.2) is 9.13 Å². The summed E-state index contributed by atoms with van der Waals surface area (Å²) in [5.41, 5.74) is 0. The highest BCUT2D eigenvalue weighted by Gasteiger charge is 2.54. The molecule has 0 bridgehead atoms. The first-order valence-corrected chi connectivity index (χ1v) is 27.4. The van der Waals surface area contributed by atoms with Crippen molar-refractivity contribution < 1.29 is 81.7 Å². The van der Waals surface area contributed by atoms with Gasteiger partial charge in [-0.15, -0.1) is 0 Å². The standard InChI is InChI=1S/C51H80O17P2/c1-3-5-7-9-11-13-15-17-18-19-20-21-22-24-26-28-30-32-34-38-45(54)66-43(41-65-70(62,63)68-51-48(57)46(55)47(56)50(49(51)58)67-69(59,60)61)40-64-44(53)39-35-37-42(52)36-33-31-29-27-25-23-16-14-12-10-8-6-4-2/h11-14,17-18,20-21,23-26,29-33,36,43,46-51,55-58H,3-10,15-16,19,22,27-28,34-35,37-41H2,1-2H3,(H,62,63)(H2,59,60,61)/b13-11-,14-12-,18-17-,21-20-,25-23-,26-24-,31-29-,32-30-,36-33+/t43-,46?,47?,48?,49?,50-,51+/m1/s1. The van der Waals surface area contributed by atoms with Gasteiger partial charge in [-0.2, -0.15) is 0 Å². The average Bonchev–Trinajstić information content (AvgIpc) is 3.31. The van der Waals surface area contributed by atoms with Gasteiger partial charge in [0.1, 0.15) is 43.2 Å². The maximum atomic E-state index is 13.0. The molecule has 70 heavy (non-hydrogen) atoms. The van der Waals surface area contributed by atoms with Gasteiger partial charge in [0.05, 0.1) is 6.61 Å². The van der Waals surface area contributed by atoms with Crippen LogP contribution in [-0.4, -0.2) is 109 Å². The number of ether oxygens (including phenoxy) is 2. The average molecular weight is 1030 g/mol. The summed E-state index contributed by atoms with van der Waals surface area (Å²) in [6.07, 6.45) is 34.8. The fraction of sp³-hybridized carbons (Fsp3) is 0.588. The molecule has 0 spiro atoms. The second-order valence-corrected chi connectivity index (χ2v) is 19.1. The van der Waals surface area contributed by atoms with Gasteiger partial charge >= 0.3 is 27.6 Å². The molecule has 0 aromatic carbocycles. The number of phosphoric ester groups is 2. The summed E-state index contributed by atoms with van der Waals surface area (Å²) in [5.74, 6) is -1.79. The van der Waals surface area contributed by atoms with Crippen molar-refractivity contribution in [1.82, 2.24) is 0 Å². The number of aliphatic hydroxyl groups is 4. The van der Waals surface area contributed by atoms with Gasteiger partial charge in [-0.3, -0.25) is 28.0 Å². The van der Waals surface area contributed by atoms with Crippen LogP contribution in [0.15, 0.2) is 109 Å². The minimum Gasteiger partial charge on any atom is -0.462 e. The zero-order chi connectivity index (χ0) is 51.9. The normalized spacial score (nSPS) is 21.8. The van der Waals surface area contributed by atoms with Crippen molar-refractivity contribution in [1.29, 1.82) is 0 Å². The number of hydrogen-bond acceptors (Lipinski definition) is 14. The van der Waals surface area contributed by atoms with E-state index >= 15 is 0 Å². The maximum absolute atomic E-state index is 13.0. The Morgan fingerprint density at radius 2 is 0.971 bits per heavy atom. The van der Waals surface area contributed by atoms with Crippen LogP contribution < -0.4 is 0 Å². The molecule has 17 nitrogen and oxygen atoms in total. The molecule has 1 rings (SSSR count). The van der Waals surface area contributed by atoms with E-state index < -0.39 is 83.5 Å². The third-order valence-corrected chi connectivity index (χ3v) is 11.8. The van der Waals surface area contributed by atoms with Crippen molar-refractivity contribution in [2.45, 2.75) is 179 Å². The molecule has 1 aliphatic rings. The highest BCUT2D eigenvalue weighted by Crippen LogP contribution is 2.49. The molecule has 1 aliphatic carbocycles. The van der Waals surface area contributed by atoms with Gasteiger partial charge in [-0.1, -0.05) is 143 Å². The van der Waals surface area contributed by atoms with E-state index in [0.717, 1.165) is 38.5 Å². The highest BCUT2D eigenvalue weighted by molar-refractivity contribution is 7.47. The fourth-order valence-electron chi connectivity index (χ4n) is 6.49. The molecule has 0 amide bonds. The van der Waals surface area contributed by atoms with Crippen molar-refractivity contribution in [2.24, 2.45) is 0 Å². The molecule has 8 atom stereocenters. The molecule has 19 heteroatoms. The number of phosphoric acid groups is 2. The first-order chi connectivity index (χ1) is 33.5. The van der Waals surface area contributed by atoms with E-state index in [-0.39, 0.29) is 37.9 Å². The molecule has 396 valence electrons. The lowest BCUT2D eigenvalue weighted by Gasteiger charge is -2.43. The van der Waals surface area contributed by atoms with Crippen LogP contribution in [-0.2, 0) is 46.6 Å². The Balaban J connectivity index is 2.73. The SMILES string of the molecule is CCCCC/C=C\C/C=C\C/C=C\C=C\C(=O)CCCC(=O)OC[C@H](COP(=O)(O)O[C@H]1C(O)C(O)C(O)[C@@H](OP(=O)(O)O)C1O)OC(=O)CC/C=C\C/C=C\C/C=C\C/C=C\C/C=C\CCCCC. The Kier molecular flexibility index (Phi) is 36.7. The monoisotopic (exact) mass is 1030 g/mol. The van der Waals surface area contributed by atoms with Gasteiger partial charge in [0.2, 0.25) is 0 Å². The Hall–Kier alpha value is -3.67. The predicted octanol–water partition coefficient (Wildman–Crippen LogP) is 8.91. The lowest BCUT2D eigenvalue weighted by molar-refractivity contribution is -0.216. The van der Waals surface area contributed by atoms with E-state index in [1.54, 1.807) is 18.2 Å². The number of hydrogen-bond donors (Lipinski definition) is 7. The van der Waals surface area contributed by atoms with Crippen molar-refractivity contribution in [3.8, 4) is 0 Å². The number of allylic oxidation sites excluding steroid dienone is 18. The van der Waals surface area contributed by atoms with Crippen LogP contribution in [0.2, 0.25) is 0 Å². The summed E-state index contributed by atoms with van der Waals surface area (Å²) in [6.45, 7) is 2.77. The van der Waals surface area contributed by atoms with E-state index in [4.69, 9.17) is 18.5 Å². The fourth-order valence-corrected chi connectivity index (χ4v) is 8.03. The van der Waals surface area contributed by atoms with E-state index in [9.17, 15) is 58.6 Å². The van der Waals surface area contributed by atoms with Crippen molar-refractivity contribution in [3.63, 3.8) is 0 Å². The Morgan fingerprint density at radius 1 is 0.500 bits per heavy atom. The Bertz CT molecular complexity index is 1830. The van der Waals surface area contributed by atoms with Gasteiger partial charge < -0.3 is 44.6 Å². The van der Waals surface area contributed by atoms with Crippen molar-refractivity contribution in [3.05, 3.63) is 109 Å². The Labute approximate surface area is 414 Å². The van der Waals surface area contributed by atoms with Crippen LogP contribution in [0.1, 0.15) is 136 Å². The number of rotatable bonds is 39. The summed E-state index contributed by atoms with van der Waals surface area (Å²) in [5, 5.41) is 41.2. The topological polar surface area (TPSA) is 273 Å². The van der Waals surface area contributed by atoms with Gasteiger partial charge in [0, 0.05) is 19.3 Å². The molecular formula is C51H80O17P2. The lowest BCUT2D eigenvalue weighted by Crippen LogP contribution is -2.64. The zero-order valence-corrected chi connectivity index (χ0v) is 42.7. The summed E-state index contributed by atoms with van der Waals surface area (Å²) in [6, 6.07) is 0. The smallest absolute Gasteiger partial charge is 0.462 e. The molecule has 0 aromatic heterocycles. The number of unbranched alkanes of at least 4 members (excludes halogenated alkanes) is 6. The molecular weight excluding hydrogens is 946 g/mol. The maximum Gasteiger partial charge on any atom is 0.472 e. The summed E-state index contributed by atoms with van der Waals surface area (Å²) in [7, 11) is -10.8. The van der Waals surface area contributed by atoms with E-state index in [1.807, 2.05) is 30.4 Å². The molecule has 7 N–H and O–H groups in total. The molecule has 0 aromatic rings. The number of carbonyl (C=O) groups is 3. The lowest BCUT2D eigenvalue weighted by atomic mass is 9.85. The van der Waals surface area contributed by atoms with Crippen LogP contribution in [0.25, 0.3) is 0 Å². The predicted molar refractivity (Wildman–Crippen MR) is 269 cm³/mol. The van der Waals surface area contributed by atoms with Crippen LogP contribution in [0, 0.1) is 0 Å². The molecule has 0 aliphatic heterocycles. The molecule has 5 unspecified atom stereocenters. The molecule has 0 radical (unpaired) electrons. The summed E-state index contributed by atoms with van der Waals surface area (Å²) >= 11 is 0. The number of esters is 2. The van der Waals surface area contributed by atoms with E-state index in [1.165, 1.54) is 44.6 Å². The molecule has 0 heterocycles. The highest BCUT2D eigenvalue weighted by atomic mass is 31.2. The van der Waals surface area contributed by atoms with E-state index in [0.29, 0.717) is 12.8 Å². The van der Waals surface area contributed by atoms with Gasteiger partial charge in [0.15, 0.2) is 11.9 Å². The number of carbonyl (C=O) groups excluding carboxylic acids is 3. The van der Waals surface area contributed by atoms with Crippen molar-refractivity contribution >= 4 is 33.4 Å². The van der Waals surface area contributed by atoms with Gasteiger partial charge in [-0.05, 0) is 83.1 Å². The van der Waals surface area contributed by atoms with Crippen LogP contribution in [0.4, 0.5) is 0 Å². The number of ketones is 1. The Morgan fingerprint density at radius 3 is 1.47 bits per heavy atom. The summed E-state index contributed by atoms with van der Waals surface area (Å²) in [4.78, 5) is 66.6. The first-order valence-electron chi connectivity index (χ1n) is 24.4. The molecule has 0 saturated heterocycles. The van der Waals surface area contributed by atoms with Crippen LogP contribution in [0.3, 0.4) is 0 Å². The zero-order valence-electron chi connectivity index (χ0n) is 40.9. The summed E-state index contributed by atoms with van der Waals surface area (Å²) < 4.78 is 49.1. The van der Waals surface area contributed by atoms with Crippen molar-refractivity contribution in [2.75, 3.05) is 13.2 Å². The second-order valence-electron chi connectivity index (χ2n) is 16.5. The van der Waals surface area contributed by atoms with Crippen LogP contribution >= 0.6 is 15.6 Å². The largest absolute Gasteiger partial charge is 0.472 e. The number of aliphatic hydroxyl groups excluding tert-OH is 4. The third kappa shape index (κ3) is 33.8. The van der Waals surface area contributed by atoms with Crippen LogP contribution in [0.5, 0.6) is 0 Å². The minimum atomic E-state index is -5.40.